The second-order valence-electron chi connectivity index (χ2n) is 3.33. The third kappa shape index (κ3) is 4.66. The molecule has 0 saturated heterocycles. The molecule has 0 aliphatic heterocycles. The highest BCUT2D eigenvalue weighted by molar-refractivity contribution is 7.99. The van der Waals surface area contributed by atoms with E-state index in [1.54, 1.807) is 18.2 Å². The number of hydrogen-bond donors (Lipinski definition) is 2. The number of carboxylic acids is 1. The third-order valence-corrected chi connectivity index (χ3v) is 3.53. The lowest BCUT2D eigenvalue weighted by molar-refractivity contribution is -0.140. The molecule has 0 heterocycles. The zero-order chi connectivity index (χ0) is 12.8. The Hall–Kier alpha value is -1.20. The lowest BCUT2D eigenvalue weighted by atomic mass is 10.3. The van der Waals surface area contributed by atoms with E-state index in [9.17, 15) is 9.59 Å². The van der Waals surface area contributed by atoms with Crippen molar-refractivity contribution in [2.24, 2.45) is 0 Å². The van der Waals surface area contributed by atoms with E-state index < -0.39 is 12.0 Å². The molecule has 1 atom stereocenters. The predicted octanol–water partition coefficient (Wildman–Crippen LogP) is 2.02. The van der Waals surface area contributed by atoms with Gasteiger partial charge in [-0.1, -0.05) is 23.7 Å². The van der Waals surface area contributed by atoms with Crippen molar-refractivity contribution in [3.8, 4) is 0 Å². The van der Waals surface area contributed by atoms with Crippen LogP contribution in [0.25, 0.3) is 0 Å². The number of carbonyl (C=O) groups is 2. The molecule has 1 rings (SSSR count). The molecule has 1 amide bonds. The summed E-state index contributed by atoms with van der Waals surface area (Å²) < 4.78 is 0. The fourth-order valence-corrected chi connectivity index (χ4v) is 2.41. The molecule has 0 bridgehead atoms. The Kier molecular flexibility index (Phi) is 5.31. The van der Waals surface area contributed by atoms with Gasteiger partial charge >= 0.3 is 5.97 Å². The van der Waals surface area contributed by atoms with Crippen LogP contribution in [0, 0.1) is 0 Å². The number of rotatable bonds is 5. The Labute approximate surface area is 108 Å². The maximum Gasteiger partial charge on any atom is 0.327 e. The first-order valence-corrected chi connectivity index (χ1v) is 6.24. The van der Waals surface area contributed by atoms with E-state index in [0.29, 0.717) is 5.02 Å². The molecule has 0 spiro atoms. The Morgan fingerprint density at radius 1 is 1.47 bits per heavy atom. The quantitative estimate of drug-likeness (QED) is 0.806. The minimum atomic E-state index is -1.06. The molecule has 0 aliphatic rings. The first-order valence-electron chi connectivity index (χ1n) is 4.88. The zero-order valence-corrected chi connectivity index (χ0v) is 10.7. The summed E-state index contributed by atoms with van der Waals surface area (Å²) in [4.78, 5) is 22.5. The maximum absolute atomic E-state index is 10.9. The normalized spacial score (nSPS) is 11.9. The number of halogens is 1. The van der Waals surface area contributed by atoms with Gasteiger partial charge in [0.25, 0.3) is 0 Å². The van der Waals surface area contributed by atoms with Crippen LogP contribution in [0.3, 0.4) is 0 Å². The highest BCUT2D eigenvalue weighted by Crippen LogP contribution is 2.26. The predicted molar refractivity (Wildman–Crippen MR) is 67.4 cm³/mol. The summed E-state index contributed by atoms with van der Waals surface area (Å²) in [5.74, 6) is -1.18. The van der Waals surface area contributed by atoms with Gasteiger partial charge in [0, 0.05) is 17.6 Å². The Bertz CT molecular complexity index is 425. The van der Waals surface area contributed by atoms with Gasteiger partial charge in [-0.05, 0) is 12.1 Å². The van der Waals surface area contributed by atoms with E-state index >= 15 is 0 Å². The molecule has 0 saturated carbocycles. The van der Waals surface area contributed by atoms with E-state index in [1.165, 1.54) is 18.7 Å². The van der Waals surface area contributed by atoms with E-state index in [1.807, 2.05) is 6.07 Å². The van der Waals surface area contributed by atoms with Crippen LogP contribution >= 0.6 is 23.4 Å². The van der Waals surface area contributed by atoms with Gasteiger partial charge in [-0.15, -0.1) is 11.8 Å². The Morgan fingerprint density at radius 3 is 2.65 bits per heavy atom. The summed E-state index contributed by atoms with van der Waals surface area (Å²) in [6.45, 7) is 1.29. The fraction of sp³-hybridized carbons (Fsp3) is 0.273. The number of nitrogens with one attached hydrogen (secondary N) is 1. The summed E-state index contributed by atoms with van der Waals surface area (Å²) in [6, 6.07) is 6.25. The van der Waals surface area contributed by atoms with Crippen molar-refractivity contribution in [3.63, 3.8) is 0 Å². The van der Waals surface area contributed by atoms with Crippen LogP contribution in [0.2, 0.25) is 5.02 Å². The second-order valence-corrected chi connectivity index (χ2v) is 4.80. The molecule has 6 heteroatoms. The van der Waals surface area contributed by atoms with Gasteiger partial charge in [0.15, 0.2) is 0 Å². The van der Waals surface area contributed by atoms with Crippen LogP contribution in [-0.4, -0.2) is 28.8 Å². The molecule has 0 aliphatic carbocycles. The van der Waals surface area contributed by atoms with Crippen molar-refractivity contribution in [2.75, 3.05) is 5.75 Å². The molecule has 1 aromatic rings. The average molecular weight is 274 g/mol. The van der Waals surface area contributed by atoms with Crippen LogP contribution in [0.1, 0.15) is 6.92 Å². The first kappa shape index (κ1) is 13.9. The van der Waals surface area contributed by atoms with Gasteiger partial charge in [0.05, 0.1) is 5.02 Å². The van der Waals surface area contributed by atoms with E-state index in [2.05, 4.69) is 5.32 Å². The van der Waals surface area contributed by atoms with Crippen LogP contribution < -0.4 is 5.32 Å². The van der Waals surface area contributed by atoms with Gasteiger partial charge in [-0.25, -0.2) is 4.79 Å². The van der Waals surface area contributed by atoms with Gasteiger partial charge in [-0.2, -0.15) is 0 Å². The van der Waals surface area contributed by atoms with Crippen molar-refractivity contribution in [2.45, 2.75) is 17.9 Å². The van der Waals surface area contributed by atoms with Crippen molar-refractivity contribution < 1.29 is 14.7 Å². The molecule has 4 nitrogen and oxygen atoms in total. The fourth-order valence-electron chi connectivity index (χ4n) is 1.15. The molecule has 0 aromatic heterocycles. The molecule has 1 aromatic carbocycles. The van der Waals surface area contributed by atoms with Crippen molar-refractivity contribution in [1.29, 1.82) is 0 Å². The summed E-state index contributed by atoms with van der Waals surface area (Å²) in [6.07, 6.45) is 0. The topological polar surface area (TPSA) is 66.4 Å². The molecule has 0 unspecified atom stereocenters. The largest absolute Gasteiger partial charge is 0.480 e. The number of benzene rings is 1. The number of thioether (sulfide) groups is 1. The maximum atomic E-state index is 10.9. The summed E-state index contributed by atoms with van der Waals surface area (Å²) in [5, 5.41) is 11.8. The molecular formula is C11H12ClNO3S. The van der Waals surface area contributed by atoms with Crippen molar-refractivity contribution in [1.82, 2.24) is 5.32 Å². The Balaban J connectivity index is 2.61. The van der Waals surface area contributed by atoms with Gasteiger partial charge in [0.2, 0.25) is 5.91 Å². The molecule has 2 N–H and O–H groups in total. The zero-order valence-electron chi connectivity index (χ0n) is 9.14. The minimum absolute atomic E-state index is 0.235. The minimum Gasteiger partial charge on any atom is -0.480 e. The molecule has 92 valence electrons. The van der Waals surface area contributed by atoms with E-state index in [-0.39, 0.29) is 11.7 Å². The van der Waals surface area contributed by atoms with Crippen LogP contribution in [0.15, 0.2) is 29.2 Å². The lowest BCUT2D eigenvalue weighted by Crippen LogP contribution is -2.41. The SMILES string of the molecule is CC(=O)N[C@@H](CSc1ccccc1Cl)C(=O)O. The standard InChI is InChI=1S/C11H12ClNO3S/c1-7(14)13-9(11(15)16)6-17-10-5-3-2-4-8(10)12/h2-5,9H,6H2,1H3,(H,13,14)(H,15,16)/t9-/m0/s1. The van der Waals surface area contributed by atoms with Crippen LogP contribution in [0.4, 0.5) is 0 Å². The third-order valence-electron chi connectivity index (χ3n) is 1.92. The van der Waals surface area contributed by atoms with E-state index in [4.69, 9.17) is 16.7 Å². The van der Waals surface area contributed by atoms with Crippen molar-refractivity contribution in [3.05, 3.63) is 29.3 Å². The summed E-state index contributed by atoms with van der Waals surface area (Å²) in [5.41, 5.74) is 0. The number of aliphatic carboxylic acids is 1. The van der Waals surface area contributed by atoms with Crippen LogP contribution in [-0.2, 0) is 9.59 Å². The van der Waals surface area contributed by atoms with Crippen LogP contribution in [0.5, 0.6) is 0 Å². The monoisotopic (exact) mass is 273 g/mol. The number of hydrogen-bond acceptors (Lipinski definition) is 3. The molecule has 0 fully saturated rings. The first-order chi connectivity index (χ1) is 8.00. The number of amides is 1. The lowest BCUT2D eigenvalue weighted by Gasteiger charge is -2.13. The smallest absolute Gasteiger partial charge is 0.327 e. The summed E-state index contributed by atoms with van der Waals surface area (Å²) >= 11 is 7.24. The molecular weight excluding hydrogens is 262 g/mol. The number of carboxylic acid groups (broad SMARTS) is 1. The van der Waals surface area contributed by atoms with Gasteiger partial charge in [0.1, 0.15) is 6.04 Å². The average Bonchev–Trinajstić information content (AvgIpc) is 2.25. The highest BCUT2D eigenvalue weighted by atomic mass is 35.5. The Morgan fingerprint density at radius 2 is 2.12 bits per heavy atom. The van der Waals surface area contributed by atoms with Crippen molar-refractivity contribution >= 4 is 35.2 Å². The summed E-state index contributed by atoms with van der Waals surface area (Å²) in [7, 11) is 0. The van der Waals surface area contributed by atoms with E-state index in [0.717, 1.165) is 4.90 Å². The highest BCUT2D eigenvalue weighted by Gasteiger charge is 2.18. The number of carbonyl (C=O) groups excluding carboxylic acids is 1. The molecule has 0 radical (unpaired) electrons. The molecule has 17 heavy (non-hydrogen) atoms. The second kappa shape index (κ2) is 6.51. The van der Waals surface area contributed by atoms with Gasteiger partial charge in [-0.3, -0.25) is 4.79 Å². The van der Waals surface area contributed by atoms with Gasteiger partial charge < -0.3 is 10.4 Å².